The van der Waals surface area contributed by atoms with Gasteiger partial charge in [0.1, 0.15) is 9.26 Å². The van der Waals surface area contributed by atoms with Crippen LogP contribution in [0, 0.1) is 3.70 Å². The molecule has 0 unspecified atom stereocenters. The Kier molecular flexibility index (Phi) is 4.37. The third kappa shape index (κ3) is 2.46. The zero-order valence-electron chi connectivity index (χ0n) is 8.29. The molecule has 0 saturated heterocycles. The molecule has 0 bridgehead atoms. The van der Waals surface area contributed by atoms with Gasteiger partial charge in [-0.2, -0.15) is 5.10 Å². The van der Waals surface area contributed by atoms with Gasteiger partial charge in [-0.15, -0.1) is 0 Å². The normalized spacial score (nSPS) is 10.2. The summed E-state index contributed by atoms with van der Waals surface area (Å²) in [5, 5.41) is 4.12. The minimum absolute atomic E-state index is 0.292. The maximum absolute atomic E-state index is 11.4. The summed E-state index contributed by atoms with van der Waals surface area (Å²) in [5.74, 6) is -0.292. The van der Waals surface area contributed by atoms with Gasteiger partial charge in [-0.3, -0.25) is 4.68 Å². The topological polar surface area (TPSA) is 44.1 Å². The predicted octanol–water partition coefficient (Wildman–Crippen LogP) is 2.07. The molecule has 1 heterocycles. The Morgan fingerprint density at radius 3 is 2.93 bits per heavy atom. The van der Waals surface area contributed by atoms with Crippen LogP contribution in [0.2, 0.25) is 0 Å². The highest BCUT2D eigenvalue weighted by Crippen LogP contribution is 2.13. The fraction of sp³-hybridized carbons (Fsp3) is 0.556. The standard InChI is InChI=1S/C9H13IN2O2/c1-3-5-12-8(10)7(6-11-12)9(13)14-4-2/h6H,3-5H2,1-2H3. The van der Waals surface area contributed by atoms with E-state index in [0.717, 1.165) is 16.7 Å². The first-order chi connectivity index (χ1) is 6.70. The van der Waals surface area contributed by atoms with E-state index in [1.54, 1.807) is 13.1 Å². The Bertz CT molecular complexity index is 323. The number of hydrogen-bond donors (Lipinski definition) is 0. The second-order valence-electron chi connectivity index (χ2n) is 2.79. The first kappa shape index (κ1) is 11.5. The zero-order valence-corrected chi connectivity index (χ0v) is 10.4. The van der Waals surface area contributed by atoms with Crippen molar-refractivity contribution < 1.29 is 9.53 Å². The molecule has 14 heavy (non-hydrogen) atoms. The molecule has 4 nitrogen and oxygen atoms in total. The number of hydrogen-bond acceptors (Lipinski definition) is 3. The lowest BCUT2D eigenvalue weighted by Crippen LogP contribution is -2.07. The first-order valence-corrected chi connectivity index (χ1v) is 5.67. The van der Waals surface area contributed by atoms with Gasteiger partial charge in [0.2, 0.25) is 0 Å². The molecular formula is C9H13IN2O2. The highest BCUT2D eigenvalue weighted by molar-refractivity contribution is 14.1. The lowest BCUT2D eigenvalue weighted by molar-refractivity contribution is 0.0525. The minimum atomic E-state index is -0.292. The molecule has 0 spiro atoms. The Labute approximate surface area is 96.8 Å². The Hall–Kier alpha value is -0.590. The maximum atomic E-state index is 11.4. The van der Waals surface area contributed by atoms with Gasteiger partial charge in [-0.05, 0) is 35.9 Å². The molecule has 0 radical (unpaired) electrons. The van der Waals surface area contributed by atoms with Crippen molar-refractivity contribution >= 4 is 28.6 Å². The van der Waals surface area contributed by atoms with Crippen LogP contribution in [0.3, 0.4) is 0 Å². The highest BCUT2D eigenvalue weighted by atomic mass is 127. The molecule has 5 heteroatoms. The number of rotatable bonds is 4. The number of halogens is 1. The molecule has 0 aliphatic heterocycles. The SMILES string of the molecule is CCCn1ncc(C(=O)OCC)c1I. The molecule has 0 amide bonds. The molecule has 1 aromatic heterocycles. The fourth-order valence-corrected chi connectivity index (χ4v) is 1.81. The van der Waals surface area contributed by atoms with Crippen molar-refractivity contribution in [1.82, 2.24) is 9.78 Å². The van der Waals surface area contributed by atoms with Gasteiger partial charge in [0.05, 0.1) is 12.8 Å². The number of carbonyl (C=O) groups excluding carboxylic acids is 1. The average molecular weight is 308 g/mol. The van der Waals surface area contributed by atoms with E-state index in [2.05, 4.69) is 34.6 Å². The summed E-state index contributed by atoms with van der Waals surface area (Å²) in [6.07, 6.45) is 2.56. The van der Waals surface area contributed by atoms with Crippen molar-refractivity contribution in [1.29, 1.82) is 0 Å². The summed E-state index contributed by atoms with van der Waals surface area (Å²) in [7, 11) is 0. The van der Waals surface area contributed by atoms with Crippen molar-refractivity contribution in [3.63, 3.8) is 0 Å². The van der Waals surface area contributed by atoms with Crippen molar-refractivity contribution in [3.05, 3.63) is 15.5 Å². The molecule has 0 atom stereocenters. The van der Waals surface area contributed by atoms with Crippen molar-refractivity contribution in [2.75, 3.05) is 6.61 Å². The van der Waals surface area contributed by atoms with E-state index < -0.39 is 0 Å². The molecule has 0 N–H and O–H groups in total. The van der Waals surface area contributed by atoms with Crippen molar-refractivity contribution in [2.45, 2.75) is 26.8 Å². The summed E-state index contributed by atoms with van der Waals surface area (Å²) >= 11 is 2.11. The second kappa shape index (κ2) is 5.33. The van der Waals surface area contributed by atoms with Crippen molar-refractivity contribution in [3.8, 4) is 0 Å². The molecule has 1 rings (SSSR count). The van der Waals surface area contributed by atoms with E-state index in [1.807, 2.05) is 4.68 Å². The van der Waals surface area contributed by atoms with Crippen LogP contribution in [0.5, 0.6) is 0 Å². The van der Waals surface area contributed by atoms with Gasteiger partial charge in [-0.1, -0.05) is 6.92 Å². The molecule has 0 saturated carbocycles. The van der Waals surface area contributed by atoms with Crippen LogP contribution in [0.1, 0.15) is 30.6 Å². The lowest BCUT2D eigenvalue weighted by atomic mass is 10.4. The van der Waals surface area contributed by atoms with Gasteiger partial charge in [-0.25, -0.2) is 4.79 Å². The number of carbonyl (C=O) groups is 1. The average Bonchev–Trinajstić information content (AvgIpc) is 2.49. The Morgan fingerprint density at radius 2 is 2.36 bits per heavy atom. The van der Waals surface area contributed by atoms with Crippen LogP contribution in [-0.4, -0.2) is 22.4 Å². The molecule has 0 aliphatic rings. The molecule has 0 fully saturated rings. The number of aromatic nitrogens is 2. The maximum Gasteiger partial charge on any atom is 0.342 e. The predicted molar refractivity (Wildman–Crippen MR) is 61.2 cm³/mol. The fourth-order valence-electron chi connectivity index (χ4n) is 1.08. The lowest BCUT2D eigenvalue weighted by Gasteiger charge is -2.01. The van der Waals surface area contributed by atoms with Crippen LogP contribution >= 0.6 is 22.6 Å². The van der Waals surface area contributed by atoms with Crippen LogP contribution in [0.4, 0.5) is 0 Å². The summed E-state index contributed by atoms with van der Waals surface area (Å²) < 4.78 is 7.57. The molecular weight excluding hydrogens is 295 g/mol. The molecule has 78 valence electrons. The van der Waals surface area contributed by atoms with E-state index in [9.17, 15) is 4.79 Å². The number of aryl methyl sites for hydroxylation is 1. The van der Waals surface area contributed by atoms with E-state index in [-0.39, 0.29) is 5.97 Å². The smallest absolute Gasteiger partial charge is 0.342 e. The molecule has 1 aromatic rings. The monoisotopic (exact) mass is 308 g/mol. The van der Waals surface area contributed by atoms with E-state index in [4.69, 9.17) is 4.74 Å². The van der Waals surface area contributed by atoms with Gasteiger partial charge in [0, 0.05) is 6.54 Å². The first-order valence-electron chi connectivity index (χ1n) is 4.59. The number of esters is 1. The number of nitrogens with zero attached hydrogens (tertiary/aromatic N) is 2. The zero-order chi connectivity index (χ0) is 10.6. The molecule has 0 aromatic carbocycles. The molecule has 0 aliphatic carbocycles. The van der Waals surface area contributed by atoms with Crippen molar-refractivity contribution in [2.24, 2.45) is 0 Å². The van der Waals surface area contributed by atoms with E-state index >= 15 is 0 Å². The van der Waals surface area contributed by atoms with Crippen LogP contribution in [0.25, 0.3) is 0 Å². The van der Waals surface area contributed by atoms with Gasteiger partial charge >= 0.3 is 5.97 Å². The van der Waals surface area contributed by atoms with Crippen LogP contribution < -0.4 is 0 Å². The summed E-state index contributed by atoms with van der Waals surface area (Å²) in [5.41, 5.74) is 0.556. The largest absolute Gasteiger partial charge is 0.462 e. The van der Waals surface area contributed by atoms with Gasteiger partial charge in [0.15, 0.2) is 0 Å². The summed E-state index contributed by atoms with van der Waals surface area (Å²) in [6, 6.07) is 0. The minimum Gasteiger partial charge on any atom is -0.462 e. The van der Waals surface area contributed by atoms with E-state index in [1.165, 1.54) is 0 Å². The van der Waals surface area contributed by atoms with E-state index in [0.29, 0.717) is 12.2 Å². The van der Waals surface area contributed by atoms with Gasteiger partial charge in [0.25, 0.3) is 0 Å². The summed E-state index contributed by atoms with van der Waals surface area (Å²) in [4.78, 5) is 11.4. The number of ether oxygens (including phenoxy) is 1. The third-order valence-corrected chi connectivity index (χ3v) is 2.84. The summed E-state index contributed by atoms with van der Waals surface area (Å²) in [6.45, 7) is 5.09. The van der Waals surface area contributed by atoms with Gasteiger partial charge < -0.3 is 4.74 Å². The van der Waals surface area contributed by atoms with Crippen LogP contribution in [0.15, 0.2) is 6.20 Å². The second-order valence-corrected chi connectivity index (χ2v) is 3.81. The Morgan fingerprint density at radius 1 is 1.64 bits per heavy atom. The highest BCUT2D eigenvalue weighted by Gasteiger charge is 2.15. The Balaban J connectivity index is 2.83. The van der Waals surface area contributed by atoms with Crippen LogP contribution in [-0.2, 0) is 11.3 Å². The quantitative estimate of drug-likeness (QED) is 0.632. The third-order valence-electron chi connectivity index (χ3n) is 1.71.